The maximum absolute atomic E-state index is 3.83. The minimum atomic E-state index is 0.431. The molecule has 4 heteroatoms. The molecule has 2 heterocycles. The number of hydrogen-bond donors (Lipinski definition) is 1. The highest BCUT2D eigenvalue weighted by Gasteiger charge is 2.36. The van der Waals surface area contributed by atoms with Crippen molar-refractivity contribution in [3.05, 3.63) is 20.8 Å². The molecule has 3 rings (SSSR count). The maximum Gasteiger partial charge on any atom is 0.0340 e. The van der Waals surface area contributed by atoms with Crippen LogP contribution in [0.15, 0.2) is 15.9 Å². The van der Waals surface area contributed by atoms with Gasteiger partial charge in [0, 0.05) is 28.0 Å². The Bertz CT molecular complexity index is 398. The number of hydrogen-bond acceptors (Lipinski definition) is 3. The number of rotatable bonds is 2. The highest BCUT2D eigenvalue weighted by molar-refractivity contribution is 9.10. The molecular formula is C14H21BrN2S. The Morgan fingerprint density at radius 2 is 2.17 bits per heavy atom. The summed E-state index contributed by atoms with van der Waals surface area (Å²) in [5.74, 6) is 0. The molecule has 0 unspecified atom stereocenters. The smallest absolute Gasteiger partial charge is 0.0340 e. The minimum absolute atomic E-state index is 0.431. The Balaban J connectivity index is 1.69. The summed E-state index contributed by atoms with van der Waals surface area (Å²) >= 11 is 5.53. The minimum Gasteiger partial charge on any atom is -0.310 e. The van der Waals surface area contributed by atoms with E-state index in [-0.39, 0.29) is 0 Å². The van der Waals surface area contributed by atoms with Gasteiger partial charge in [-0.3, -0.25) is 4.90 Å². The molecule has 0 atom stereocenters. The van der Waals surface area contributed by atoms with Gasteiger partial charge in [0.05, 0.1) is 0 Å². The van der Waals surface area contributed by atoms with Crippen molar-refractivity contribution in [2.24, 2.45) is 0 Å². The lowest BCUT2D eigenvalue weighted by Crippen LogP contribution is -2.49. The summed E-state index contributed by atoms with van der Waals surface area (Å²) in [6, 6.07) is 2.17. The van der Waals surface area contributed by atoms with Crippen LogP contribution in [0.4, 0.5) is 0 Å². The molecule has 1 saturated heterocycles. The van der Waals surface area contributed by atoms with Gasteiger partial charge in [-0.15, -0.1) is 11.3 Å². The Morgan fingerprint density at radius 3 is 2.89 bits per heavy atom. The molecule has 2 nitrogen and oxygen atoms in total. The van der Waals surface area contributed by atoms with Crippen molar-refractivity contribution in [1.29, 1.82) is 0 Å². The van der Waals surface area contributed by atoms with Crippen LogP contribution >= 0.6 is 27.3 Å². The van der Waals surface area contributed by atoms with Gasteiger partial charge in [0.25, 0.3) is 0 Å². The third-order valence-corrected chi connectivity index (χ3v) is 6.21. The fraction of sp³-hybridized carbons (Fsp3) is 0.714. The third-order valence-electron chi connectivity index (χ3n) is 4.30. The van der Waals surface area contributed by atoms with Gasteiger partial charge in [0.2, 0.25) is 0 Å². The monoisotopic (exact) mass is 328 g/mol. The first-order valence-electron chi connectivity index (χ1n) is 6.97. The highest BCUT2D eigenvalue weighted by Crippen LogP contribution is 2.33. The zero-order chi connectivity index (χ0) is 12.4. The number of nitrogens with one attached hydrogen (secondary N) is 1. The fourth-order valence-corrected chi connectivity index (χ4v) is 4.90. The zero-order valence-electron chi connectivity index (χ0n) is 10.8. The molecule has 1 aliphatic carbocycles. The average Bonchev–Trinajstić information content (AvgIpc) is 2.90. The first-order valence-corrected chi connectivity index (χ1v) is 8.64. The van der Waals surface area contributed by atoms with E-state index in [1.807, 2.05) is 11.3 Å². The Morgan fingerprint density at radius 1 is 1.33 bits per heavy atom. The molecule has 0 radical (unpaired) electrons. The summed E-state index contributed by atoms with van der Waals surface area (Å²) in [4.78, 5) is 4.13. The Labute approximate surface area is 122 Å². The van der Waals surface area contributed by atoms with Crippen LogP contribution in [0.3, 0.4) is 0 Å². The SMILES string of the molecule is Brc1ccsc1CN1CCCNC2(CCCC2)C1. The first-order chi connectivity index (χ1) is 8.77. The summed E-state index contributed by atoms with van der Waals surface area (Å²) in [6.45, 7) is 4.78. The van der Waals surface area contributed by atoms with Crippen LogP contribution in [0.25, 0.3) is 0 Å². The van der Waals surface area contributed by atoms with Crippen LogP contribution in [0.5, 0.6) is 0 Å². The lowest BCUT2D eigenvalue weighted by molar-refractivity contribution is 0.204. The fourth-order valence-electron chi connectivity index (χ4n) is 3.38. The number of thiophene rings is 1. The second-order valence-corrected chi connectivity index (χ2v) is 7.53. The number of halogens is 1. The zero-order valence-corrected chi connectivity index (χ0v) is 13.2. The summed E-state index contributed by atoms with van der Waals surface area (Å²) in [6.07, 6.45) is 6.84. The molecule has 1 spiro atoms. The molecule has 1 aromatic heterocycles. The molecule has 18 heavy (non-hydrogen) atoms. The van der Waals surface area contributed by atoms with Gasteiger partial charge in [0.1, 0.15) is 0 Å². The van der Waals surface area contributed by atoms with Crippen molar-refractivity contribution in [1.82, 2.24) is 10.2 Å². The van der Waals surface area contributed by atoms with Crippen molar-refractivity contribution in [3.8, 4) is 0 Å². The summed E-state index contributed by atoms with van der Waals surface area (Å²) in [5.41, 5.74) is 0.431. The predicted octanol–water partition coefficient (Wildman–Crippen LogP) is 3.62. The molecule has 1 N–H and O–H groups in total. The van der Waals surface area contributed by atoms with Crippen LogP contribution in [-0.2, 0) is 6.54 Å². The summed E-state index contributed by atoms with van der Waals surface area (Å²) < 4.78 is 1.28. The normalized spacial score (nSPS) is 24.5. The van der Waals surface area contributed by atoms with E-state index < -0.39 is 0 Å². The highest BCUT2D eigenvalue weighted by atomic mass is 79.9. The van der Waals surface area contributed by atoms with E-state index in [1.165, 1.54) is 61.1 Å². The molecule has 1 saturated carbocycles. The van der Waals surface area contributed by atoms with Gasteiger partial charge < -0.3 is 5.32 Å². The largest absolute Gasteiger partial charge is 0.310 e. The molecule has 0 aromatic carbocycles. The maximum atomic E-state index is 3.83. The lowest BCUT2D eigenvalue weighted by Gasteiger charge is -2.33. The lowest BCUT2D eigenvalue weighted by atomic mass is 9.97. The van der Waals surface area contributed by atoms with Crippen molar-refractivity contribution in [2.75, 3.05) is 19.6 Å². The van der Waals surface area contributed by atoms with Crippen molar-refractivity contribution >= 4 is 27.3 Å². The Hall–Kier alpha value is 0.1000. The van der Waals surface area contributed by atoms with E-state index in [0.29, 0.717) is 5.54 Å². The summed E-state index contributed by atoms with van der Waals surface area (Å²) in [7, 11) is 0. The predicted molar refractivity (Wildman–Crippen MR) is 81.1 cm³/mol. The topological polar surface area (TPSA) is 15.3 Å². The second kappa shape index (κ2) is 5.61. The molecule has 0 amide bonds. The molecule has 0 bridgehead atoms. The van der Waals surface area contributed by atoms with E-state index in [2.05, 4.69) is 37.6 Å². The van der Waals surface area contributed by atoms with E-state index >= 15 is 0 Å². The van der Waals surface area contributed by atoms with Gasteiger partial charge in [0.15, 0.2) is 0 Å². The standard InChI is InChI=1S/C14H21BrN2S/c15-12-4-9-18-13(12)10-17-8-3-7-16-14(11-17)5-1-2-6-14/h4,9,16H,1-3,5-8,10-11H2. The average molecular weight is 329 g/mol. The second-order valence-electron chi connectivity index (χ2n) is 5.67. The van der Waals surface area contributed by atoms with Crippen molar-refractivity contribution in [3.63, 3.8) is 0 Å². The first kappa shape index (κ1) is 13.1. The molecule has 1 aliphatic heterocycles. The Kier molecular flexibility index (Phi) is 4.09. The van der Waals surface area contributed by atoms with E-state index in [1.54, 1.807) is 0 Å². The molecule has 1 aromatic rings. The van der Waals surface area contributed by atoms with E-state index in [4.69, 9.17) is 0 Å². The van der Waals surface area contributed by atoms with E-state index in [0.717, 1.165) is 6.54 Å². The number of nitrogens with zero attached hydrogens (tertiary/aromatic N) is 1. The van der Waals surface area contributed by atoms with Crippen LogP contribution in [0, 0.1) is 0 Å². The van der Waals surface area contributed by atoms with Crippen LogP contribution in [0.1, 0.15) is 37.0 Å². The van der Waals surface area contributed by atoms with Gasteiger partial charge in [-0.25, -0.2) is 0 Å². The quantitative estimate of drug-likeness (QED) is 0.891. The van der Waals surface area contributed by atoms with Gasteiger partial charge in [-0.05, 0) is 59.7 Å². The molecule has 2 fully saturated rings. The van der Waals surface area contributed by atoms with Crippen molar-refractivity contribution in [2.45, 2.75) is 44.2 Å². The van der Waals surface area contributed by atoms with Gasteiger partial charge in [-0.2, -0.15) is 0 Å². The molecule has 100 valence electrons. The third kappa shape index (κ3) is 2.82. The van der Waals surface area contributed by atoms with Crippen LogP contribution in [0.2, 0.25) is 0 Å². The summed E-state index contributed by atoms with van der Waals surface area (Å²) in [5, 5.41) is 6.01. The van der Waals surface area contributed by atoms with Crippen LogP contribution in [-0.4, -0.2) is 30.1 Å². The van der Waals surface area contributed by atoms with Crippen LogP contribution < -0.4 is 5.32 Å². The molecular weight excluding hydrogens is 308 g/mol. The van der Waals surface area contributed by atoms with Gasteiger partial charge in [-0.1, -0.05) is 12.8 Å². The van der Waals surface area contributed by atoms with E-state index in [9.17, 15) is 0 Å². The van der Waals surface area contributed by atoms with Gasteiger partial charge >= 0.3 is 0 Å². The van der Waals surface area contributed by atoms with Crippen molar-refractivity contribution < 1.29 is 0 Å². The molecule has 2 aliphatic rings.